The van der Waals surface area contributed by atoms with Crippen LogP contribution >= 0.6 is 0 Å². The maximum Gasteiger partial charge on any atom is 0.165 e. The zero-order chi connectivity index (χ0) is 26.9. The highest BCUT2D eigenvalue weighted by atomic mass is 32.2. The number of methoxy groups -OCH3 is 2. The van der Waals surface area contributed by atoms with Gasteiger partial charge in [0.2, 0.25) is 0 Å². The molecular formula is C29H32O7S. The van der Waals surface area contributed by atoms with Crippen molar-refractivity contribution in [2.45, 2.75) is 30.1 Å². The molecule has 0 radical (unpaired) electrons. The number of aldehydes is 2. The van der Waals surface area contributed by atoms with Gasteiger partial charge >= 0.3 is 0 Å². The number of ether oxygens (including phenoxy) is 3. The molecule has 0 fully saturated rings. The van der Waals surface area contributed by atoms with Gasteiger partial charge in [-0.3, -0.25) is 0 Å². The van der Waals surface area contributed by atoms with E-state index in [1.807, 2.05) is 78.9 Å². The number of benzene rings is 3. The lowest BCUT2D eigenvalue weighted by molar-refractivity contribution is -0.114. The fourth-order valence-corrected chi connectivity index (χ4v) is 6.04. The van der Waals surface area contributed by atoms with Crippen LogP contribution in [0.2, 0.25) is 0 Å². The minimum atomic E-state index is -4.00. The van der Waals surface area contributed by atoms with Crippen molar-refractivity contribution in [2.24, 2.45) is 0 Å². The van der Waals surface area contributed by atoms with Crippen LogP contribution in [0.5, 0.6) is 11.5 Å². The Morgan fingerprint density at radius 2 is 1.24 bits per heavy atom. The second-order valence-electron chi connectivity index (χ2n) is 8.58. The molecule has 0 N–H and O–H groups in total. The van der Waals surface area contributed by atoms with Crippen molar-refractivity contribution in [1.29, 1.82) is 0 Å². The standard InChI is InChI=1S/C29H32O7S/c1-4-28(22-31,18-19-30)37(32,33)21-20-36-29(23-8-6-5-7-9-23,24-10-14-26(34-2)15-11-24)25-12-16-27(35-3)17-13-25/h5-17,19,22H,4,18,20-21H2,1-3H3. The number of hydrogen-bond donors (Lipinski definition) is 0. The topological polar surface area (TPSA) is 96.0 Å². The fourth-order valence-electron chi connectivity index (χ4n) is 4.42. The van der Waals surface area contributed by atoms with E-state index in [0.717, 1.165) is 16.7 Å². The van der Waals surface area contributed by atoms with Crippen LogP contribution in [0.25, 0.3) is 0 Å². The molecule has 7 nitrogen and oxygen atoms in total. The van der Waals surface area contributed by atoms with Crippen LogP contribution in [0.4, 0.5) is 0 Å². The van der Waals surface area contributed by atoms with Gasteiger partial charge in [0.05, 0.1) is 26.6 Å². The van der Waals surface area contributed by atoms with Crippen LogP contribution in [0.3, 0.4) is 0 Å². The van der Waals surface area contributed by atoms with Gasteiger partial charge in [-0.1, -0.05) is 61.5 Å². The summed E-state index contributed by atoms with van der Waals surface area (Å²) >= 11 is 0. The van der Waals surface area contributed by atoms with Crippen LogP contribution in [0.15, 0.2) is 78.9 Å². The molecule has 0 aromatic heterocycles. The molecule has 0 aliphatic heterocycles. The molecule has 8 heteroatoms. The van der Waals surface area contributed by atoms with E-state index >= 15 is 0 Å². The minimum absolute atomic E-state index is 0.00163. The Hall–Kier alpha value is -3.49. The van der Waals surface area contributed by atoms with Crippen LogP contribution in [-0.2, 0) is 29.8 Å². The summed E-state index contributed by atoms with van der Waals surface area (Å²) in [5, 5.41) is 0. The average molecular weight is 525 g/mol. The third kappa shape index (κ3) is 5.60. The lowest BCUT2D eigenvalue weighted by atomic mass is 9.80. The average Bonchev–Trinajstić information content (AvgIpc) is 2.94. The van der Waals surface area contributed by atoms with Gasteiger partial charge in [0.15, 0.2) is 9.84 Å². The first kappa shape index (κ1) is 28.1. The second-order valence-corrected chi connectivity index (χ2v) is 11.0. The molecule has 3 rings (SSSR count). The van der Waals surface area contributed by atoms with Gasteiger partial charge in [-0.25, -0.2) is 8.42 Å². The summed E-state index contributed by atoms with van der Waals surface area (Å²) in [6, 6.07) is 24.2. The van der Waals surface area contributed by atoms with E-state index in [2.05, 4.69) is 0 Å². The van der Waals surface area contributed by atoms with E-state index in [1.54, 1.807) is 21.1 Å². The third-order valence-corrected chi connectivity index (χ3v) is 9.20. The van der Waals surface area contributed by atoms with Crippen LogP contribution in [-0.4, -0.2) is 52.3 Å². The Labute approximate surface area is 218 Å². The van der Waals surface area contributed by atoms with Crippen molar-refractivity contribution in [3.05, 3.63) is 95.6 Å². The molecule has 3 aromatic carbocycles. The van der Waals surface area contributed by atoms with E-state index in [4.69, 9.17) is 14.2 Å². The normalized spacial score (nSPS) is 13.4. The van der Waals surface area contributed by atoms with E-state index in [9.17, 15) is 18.0 Å². The molecular weight excluding hydrogens is 492 g/mol. The lowest BCUT2D eigenvalue weighted by Gasteiger charge is -2.36. The summed E-state index contributed by atoms with van der Waals surface area (Å²) in [6.07, 6.45) is 0.446. The Balaban J connectivity index is 2.13. The van der Waals surface area contributed by atoms with Crippen LogP contribution in [0.1, 0.15) is 36.5 Å². The smallest absolute Gasteiger partial charge is 0.165 e. The minimum Gasteiger partial charge on any atom is -0.497 e. The highest BCUT2D eigenvalue weighted by Crippen LogP contribution is 2.41. The third-order valence-electron chi connectivity index (χ3n) is 6.71. The van der Waals surface area contributed by atoms with Crippen molar-refractivity contribution in [1.82, 2.24) is 0 Å². The summed E-state index contributed by atoms with van der Waals surface area (Å²) in [7, 11) is -0.841. The first-order chi connectivity index (χ1) is 17.8. The summed E-state index contributed by atoms with van der Waals surface area (Å²) in [4.78, 5) is 23.0. The van der Waals surface area contributed by atoms with E-state index in [1.165, 1.54) is 0 Å². The van der Waals surface area contributed by atoms with E-state index < -0.39 is 32.4 Å². The number of carbonyl (C=O) groups is 2. The molecule has 0 bridgehead atoms. The number of rotatable bonds is 14. The summed E-state index contributed by atoms with van der Waals surface area (Å²) in [6.45, 7) is 1.36. The van der Waals surface area contributed by atoms with Gasteiger partial charge in [0, 0.05) is 6.42 Å². The first-order valence-electron chi connectivity index (χ1n) is 11.9. The van der Waals surface area contributed by atoms with Crippen LogP contribution in [0, 0.1) is 0 Å². The predicted octanol–water partition coefficient (Wildman–Crippen LogP) is 4.36. The molecule has 0 heterocycles. The van der Waals surface area contributed by atoms with Gasteiger partial charge < -0.3 is 23.8 Å². The molecule has 0 aliphatic carbocycles. The molecule has 37 heavy (non-hydrogen) atoms. The van der Waals surface area contributed by atoms with Crippen molar-refractivity contribution in [3.8, 4) is 11.5 Å². The van der Waals surface area contributed by atoms with Crippen molar-refractivity contribution >= 4 is 22.4 Å². The van der Waals surface area contributed by atoms with Crippen molar-refractivity contribution < 1.29 is 32.2 Å². The van der Waals surface area contributed by atoms with Crippen molar-refractivity contribution in [3.63, 3.8) is 0 Å². The lowest BCUT2D eigenvalue weighted by Crippen LogP contribution is -2.43. The zero-order valence-corrected chi connectivity index (χ0v) is 22.1. The molecule has 0 spiro atoms. The maximum absolute atomic E-state index is 13.3. The molecule has 1 atom stereocenters. The summed E-state index contributed by atoms with van der Waals surface area (Å²) in [5.41, 5.74) is 1.11. The molecule has 0 amide bonds. The Morgan fingerprint density at radius 3 is 1.65 bits per heavy atom. The van der Waals surface area contributed by atoms with Gasteiger partial charge in [-0.05, 0) is 47.4 Å². The zero-order valence-electron chi connectivity index (χ0n) is 21.3. The Bertz CT molecular complexity index is 1220. The number of hydrogen-bond acceptors (Lipinski definition) is 7. The molecule has 0 aliphatic rings. The quantitative estimate of drug-likeness (QED) is 0.228. The SMILES string of the molecule is CCC(C=O)(CC=O)S(=O)(=O)CCOC(c1ccccc1)(c1ccc(OC)cc1)c1ccc(OC)cc1. The molecule has 196 valence electrons. The molecule has 0 saturated carbocycles. The monoisotopic (exact) mass is 524 g/mol. The largest absolute Gasteiger partial charge is 0.497 e. The molecule has 0 saturated heterocycles. The number of carbonyl (C=O) groups excluding carboxylic acids is 2. The van der Waals surface area contributed by atoms with E-state index in [0.29, 0.717) is 24.1 Å². The second kappa shape index (κ2) is 12.2. The molecule has 1 unspecified atom stereocenters. The summed E-state index contributed by atoms with van der Waals surface area (Å²) in [5.74, 6) is 0.889. The predicted molar refractivity (Wildman–Crippen MR) is 142 cm³/mol. The van der Waals surface area contributed by atoms with Gasteiger partial charge in [0.1, 0.15) is 34.4 Å². The Kier molecular flexibility index (Phi) is 9.23. The highest BCUT2D eigenvalue weighted by molar-refractivity contribution is 7.93. The Morgan fingerprint density at radius 1 is 0.757 bits per heavy atom. The maximum atomic E-state index is 13.3. The fraction of sp³-hybridized carbons (Fsp3) is 0.310. The van der Waals surface area contributed by atoms with Gasteiger partial charge in [-0.15, -0.1) is 0 Å². The van der Waals surface area contributed by atoms with Gasteiger partial charge in [0.25, 0.3) is 0 Å². The summed E-state index contributed by atoms with van der Waals surface area (Å²) < 4.78 is 42.0. The van der Waals surface area contributed by atoms with Crippen molar-refractivity contribution in [2.75, 3.05) is 26.6 Å². The van der Waals surface area contributed by atoms with E-state index in [-0.39, 0.29) is 13.0 Å². The van der Waals surface area contributed by atoms with Crippen LogP contribution < -0.4 is 9.47 Å². The molecule has 3 aromatic rings. The first-order valence-corrected chi connectivity index (χ1v) is 13.6. The number of sulfone groups is 1. The van der Waals surface area contributed by atoms with Gasteiger partial charge in [-0.2, -0.15) is 0 Å². The highest BCUT2D eigenvalue weighted by Gasteiger charge is 2.43.